The highest BCUT2D eigenvalue weighted by Gasteiger charge is 2.28. The number of H-pyrrole nitrogens is 1. The first-order chi connectivity index (χ1) is 12.0. The molecule has 2 N–H and O–H groups in total. The Balaban J connectivity index is 1.56. The number of nitrogens with one attached hydrogen (secondary N) is 1. The Labute approximate surface area is 143 Å². The molecular formula is C17H17N5O3. The van der Waals surface area contributed by atoms with E-state index < -0.39 is 5.97 Å². The standard InChI is InChI=1S/C17H17N5O3/c1-10-3-2-5-22-11(8-18-16(10)22)7-14(23)21-6-4-13-12(9-21)15(17(24)25)20-19-13/h2-3,5,8H,4,6-7,9H2,1H3,(H,19,20)(H,24,25). The van der Waals surface area contributed by atoms with Gasteiger partial charge in [0.1, 0.15) is 5.65 Å². The summed E-state index contributed by atoms with van der Waals surface area (Å²) < 4.78 is 1.92. The van der Waals surface area contributed by atoms with Crippen LogP contribution in [0, 0.1) is 6.92 Å². The largest absolute Gasteiger partial charge is 0.476 e. The number of rotatable bonds is 3. The number of aryl methyl sites for hydroxylation is 1. The summed E-state index contributed by atoms with van der Waals surface area (Å²) in [6.45, 7) is 2.79. The molecule has 0 saturated heterocycles. The Bertz CT molecular complexity index is 987. The number of carboxylic acids is 1. The molecule has 8 nitrogen and oxygen atoms in total. The van der Waals surface area contributed by atoms with Gasteiger partial charge in [-0.3, -0.25) is 9.89 Å². The molecule has 25 heavy (non-hydrogen) atoms. The molecule has 3 aromatic heterocycles. The van der Waals surface area contributed by atoms with Crippen molar-refractivity contribution in [2.45, 2.75) is 26.3 Å². The van der Waals surface area contributed by atoms with Gasteiger partial charge < -0.3 is 14.4 Å². The van der Waals surface area contributed by atoms with Crippen LogP contribution in [0.1, 0.15) is 33.0 Å². The SMILES string of the molecule is Cc1cccn2c(CC(=O)N3CCc4[nH]nc(C(=O)O)c4C3)cnc12. The highest BCUT2D eigenvalue weighted by Crippen LogP contribution is 2.21. The summed E-state index contributed by atoms with van der Waals surface area (Å²) >= 11 is 0. The molecule has 128 valence electrons. The van der Waals surface area contributed by atoms with Crippen molar-refractivity contribution in [2.75, 3.05) is 6.54 Å². The summed E-state index contributed by atoms with van der Waals surface area (Å²) in [7, 11) is 0. The van der Waals surface area contributed by atoms with Gasteiger partial charge in [0, 0.05) is 43.2 Å². The van der Waals surface area contributed by atoms with E-state index in [4.69, 9.17) is 0 Å². The smallest absolute Gasteiger partial charge is 0.356 e. The fourth-order valence-corrected chi connectivity index (χ4v) is 3.28. The second-order valence-corrected chi connectivity index (χ2v) is 6.21. The number of hydrogen-bond acceptors (Lipinski definition) is 4. The number of pyridine rings is 1. The second kappa shape index (κ2) is 5.73. The molecule has 1 aliphatic rings. The first-order valence-corrected chi connectivity index (χ1v) is 8.03. The number of aromatic nitrogens is 4. The van der Waals surface area contributed by atoms with Crippen molar-refractivity contribution in [3.05, 3.63) is 52.7 Å². The summed E-state index contributed by atoms with van der Waals surface area (Å²) in [4.78, 5) is 30.0. The van der Waals surface area contributed by atoms with Gasteiger partial charge in [-0.2, -0.15) is 5.10 Å². The number of carboxylic acid groups (broad SMARTS) is 1. The summed E-state index contributed by atoms with van der Waals surface area (Å²) in [5.74, 6) is -1.13. The van der Waals surface area contributed by atoms with Crippen LogP contribution in [0.3, 0.4) is 0 Å². The van der Waals surface area contributed by atoms with Gasteiger partial charge in [0.25, 0.3) is 0 Å². The van der Waals surface area contributed by atoms with Crippen molar-refractivity contribution in [3.63, 3.8) is 0 Å². The zero-order valence-corrected chi connectivity index (χ0v) is 13.7. The number of aromatic carboxylic acids is 1. The number of hydrogen-bond donors (Lipinski definition) is 2. The van der Waals surface area contributed by atoms with E-state index in [9.17, 15) is 14.7 Å². The maximum Gasteiger partial charge on any atom is 0.356 e. The molecule has 4 rings (SSSR count). The summed E-state index contributed by atoms with van der Waals surface area (Å²) in [5.41, 5.74) is 4.11. The number of aromatic amines is 1. The number of nitrogens with zero attached hydrogens (tertiary/aromatic N) is 4. The maximum absolute atomic E-state index is 12.7. The molecule has 0 unspecified atom stereocenters. The Morgan fingerprint density at radius 1 is 1.40 bits per heavy atom. The van der Waals surface area contributed by atoms with Gasteiger partial charge in [0.15, 0.2) is 5.69 Å². The lowest BCUT2D eigenvalue weighted by atomic mass is 10.0. The maximum atomic E-state index is 12.7. The minimum atomic E-state index is -1.08. The third kappa shape index (κ3) is 2.55. The molecular weight excluding hydrogens is 322 g/mol. The van der Waals surface area contributed by atoms with Crippen LogP contribution in [0.4, 0.5) is 0 Å². The molecule has 4 heterocycles. The molecule has 0 fully saturated rings. The summed E-state index contributed by atoms with van der Waals surface area (Å²) in [6.07, 6.45) is 4.41. The molecule has 0 spiro atoms. The van der Waals surface area contributed by atoms with Crippen LogP contribution >= 0.6 is 0 Å². The predicted octanol–water partition coefficient (Wildman–Crippen LogP) is 1.19. The number of amides is 1. The van der Waals surface area contributed by atoms with E-state index in [-0.39, 0.29) is 24.6 Å². The van der Waals surface area contributed by atoms with Gasteiger partial charge in [-0.1, -0.05) is 6.07 Å². The van der Waals surface area contributed by atoms with E-state index in [2.05, 4.69) is 15.2 Å². The van der Waals surface area contributed by atoms with E-state index in [1.165, 1.54) is 0 Å². The second-order valence-electron chi connectivity index (χ2n) is 6.21. The van der Waals surface area contributed by atoms with Crippen molar-refractivity contribution >= 4 is 17.5 Å². The van der Waals surface area contributed by atoms with Crippen LogP contribution in [0.15, 0.2) is 24.5 Å². The topological polar surface area (TPSA) is 104 Å². The molecule has 0 aromatic carbocycles. The van der Waals surface area contributed by atoms with Gasteiger partial charge in [-0.25, -0.2) is 9.78 Å². The number of carbonyl (C=O) groups excluding carboxylic acids is 1. The normalized spacial score (nSPS) is 13.9. The summed E-state index contributed by atoms with van der Waals surface area (Å²) in [5, 5.41) is 15.8. The first kappa shape index (κ1) is 15.4. The molecule has 0 radical (unpaired) electrons. The highest BCUT2D eigenvalue weighted by atomic mass is 16.4. The van der Waals surface area contributed by atoms with Crippen LogP contribution in [0.25, 0.3) is 5.65 Å². The lowest BCUT2D eigenvalue weighted by molar-refractivity contribution is -0.131. The number of imidazole rings is 1. The first-order valence-electron chi connectivity index (χ1n) is 8.03. The van der Waals surface area contributed by atoms with Crippen LogP contribution in [-0.4, -0.2) is 48.0 Å². The van der Waals surface area contributed by atoms with Crippen molar-refractivity contribution in [1.29, 1.82) is 0 Å². The van der Waals surface area contributed by atoms with E-state index in [1.807, 2.05) is 29.7 Å². The van der Waals surface area contributed by atoms with Gasteiger partial charge in [0.05, 0.1) is 12.1 Å². The molecule has 0 saturated carbocycles. The van der Waals surface area contributed by atoms with E-state index in [1.54, 1.807) is 11.1 Å². The predicted molar refractivity (Wildman–Crippen MR) is 88.3 cm³/mol. The van der Waals surface area contributed by atoms with Crippen molar-refractivity contribution < 1.29 is 14.7 Å². The quantitative estimate of drug-likeness (QED) is 0.746. The van der Waals surface area contributed by atoms with Crippen molar-refractivity contribution in [2.24, 2.45) is 0 Å². The molecule has 1 amide bonds. The fraction of sp³-hybridized carbons (Fsp3) is 0.294. The molecule has 1 aliphatic heterocycles. The lowest BCUT2D eigenvalue weighted by Crippen LogP contribution is -2.37. The lowest BCUT2D eigenvalue weighted by Gasteiger charge is -2.27. The van der Waals surface area contributed by atoms with E-state index in [0.717, 1.165) is 22.6 Å². The van der Waals surface area contributed by atoms with Crippen LogP contribution < -0.4 is 0 Å². The monoisotopic (exact) mass is 339 g/mol. The zero-order valence-electron chi connectivity index (χ0n) is 13.7. The summed E-state index contributed by atoms with van der Waals surface area (Å²) in [6, 6.07) is 3.90. The Morgan fingerprint density at radius 3 is 3.04 bits per heavy atom. The average molecular weight is 339 g/mol. The fourth-order valence-electron chi connectivity index (χ4n) is 3.28. The van der Waals surface area contributed by atoms with Gasteiger partial charge in [0.2, 0.25) is 5.91 Å². The van der Waals surface area contributed by atoms with E-state index >= 15 is 0 Å². The minimum Gasteiger partial charge on any atom is -0.476 e. The highest BCUT2D eigenvalue weighted by molar-refractivity contribution is 5.88. The molecule has 0 bridgehead atoms. The molecule has 0 atom stereocenters. The Morgan fingerprint density at radius 2 is 2.24 bits per heavy atom. The van der Waals surface area contributed by atoms with Crippen LogP contribution in [0.5, 0.6) is 0 Å². The minimum absolute atomic E-state index is 0.00192. The van der Waals surface area contributed by atoms with Crippen LogP contribution in [-0.2, 0) is 24.2 Å². The zero-order chi connectivity index (χ0) is 17.6. The Hall–Kier alpha value is -3.16. The van der Waals surface area contributed by atoms with Crippen LogP contribution in [0.2, 0.25) is 0 Å². The average Bonchev–Trinajstić information content (AvgIpc) is 3.19. The van der Waals surface area contributed by atoms with E-state index in [0.29, 0.717) is 18.5 Å². The van der Waals surface area contributed by atoms with Gasteiger partial charge in [-0.15, -0.1) is 0 Å². The molecule has 3 aromatic rings. The Kier molecular flexibility index (Phi) is 3.52. The third-order valence-electron chi connectivity index (χ3n) is 4.63. The molecule has 0 aliphatic carbocycles. The third-order valence-corrected chi connectivity index (χ3v) is 4.63. The molecule has 8 heteroatoms. The number of carbonyl (C=O) groups is 2. The van der Waals surface area contributed by atoms with Crippen molar-refractivity contribution in [1.82, 2.24) is 24.5 Å². The van der Waals surface area contributed by atoms with Gasteiger partial charge >= 0.3 is 5.97 Å². The number of fused-ring (bicyclic) bond motifs is 2. The van der Waals surface area contributed by atoms with Crippen molar-refractivity contribution in [3.8, 4) is 0 Å². The van der Waals surface area contributed by atoms with Gasteiger partial charge in [-0.05, 0) is 18.6 Å².